The van der Waals surface area contributed by atoms with E-state index in [4.69, 9.17) is 0 Å². The smallest absolute Gasteiger partial charge is 0.352 e. The SMILES string of the molecule is Cc1ccc(SCCN(C)Cc2c(C(=O)O)[nH]c3ccc(C)cc23)cc1. The molecule has 3 rings (SSSR count). The number of aromatic nitrogens is 1. The lowest BCUT2D eigenvalue weighted by molar-refractivity contribution is 0.0689. The van der Waals surface area contributed by atoms with Crippen LogP contribution in [0.5, 0.6) is 0 Å². The van der Waals surface area contributed by atoms with Gasteiger partial charge in [-0.1, -0.05) is 29.3 Å². The molecule has 0 saturated carbocycles. The molecule has 136 valence electrons. The number of nitrogens with one attached hydrogen (secondary N) is 1. The molecule has 5 heteroatoms. The molecule has 1 heterocycles. The molecule has 0 aliphatic carbocycles. The molecular weight excluding hydrogens is 344 g/mol. The zero-order valence-corrected chi connectivity index (χ0v) is 16.2. The number of carbonyl (C=O) groups is 1. The molecular formula is C21H24N2O2S. The fourth-order valence-electron chi connectivity index (χ4n) is 3.01. The van der Waals surface area contributed by atoms with Crippen LogP contribution in [0.3, 0.4) is 0 Å². The molecule has 0 radical (unpaired) electrons. The van der Waals surface area contributed by atoms with Crippen molar-refractivity contribution in [2.24, 2.45) is 0 Å². The lowest BCUT2D eigenvalue weighted by Gasteiger charge is -2.16. The summed E-state index contributed by atoms with van der Waals surface area (Å²) in [5, 5.41) is 10.5. The van der Waals surface area contributed by atoms with Gasteiger partial charge in [0.05, 0.1) is 0 Å². The maximum atomic E-state index is 11.6. The summed E-state index contributed by atoms with van der Waals surface area (Å²) >= 11 is 1.82. The lowest BCUT2D eigenvalue weighted by atomic mass is 10.1. The Morgan fingerprint density at radius 2 is 1.81 bits per heavy atom. The third kappa shape index (κ3) is 4.29. The van der Waals surface area contributed by atoms with Crippen molar-refractivity contribution in [1.82, 2.24) is 9.88 Å². The van der Waals surface area contributed by atoms with Crippen LogP contribution in [0.4, 0.5) is 0 Å². The Morgan fingerprint density at radius 3 is 2.50 bits per heavy atom. The molecule has 3 aromatic rings. The van der Waals surface area contributed by atoms with Gasteiger partial charge in [0.15, 0.2) is 0 Å². The standard InChI is InChI=1S/C21H24N2O2S/c1-14-4-7-16(8-5-14)26-11-10-23(3)13-18-17-12-15(2)6-9-19(17)22-20(18)21(24)25/h4-9,12,22H,10-11,13H2,1-3H3,(H,24,25). The van der Waals surface area contributed by atoms with Gasteiger partial charge in [-0.25, -0.2) is 4.79 Å². The van der Waals surface area contributed by atoms with E-state index in [1.807, 2.05) is 37.9 Å². The molecule has 0 saturated heterocycles. The first-order valence-electron chi connectivity index (χ1n) is 8.66. The number of aryl methyl sites for hydroxylation is 2. The molecule has 0 spiro atoms. The van der Waals surface area contributed by atoms with Gasteiger partial charge in [-0.2, -0.15) is 0 Å². The van der Waals surface area contributed by atoms with E-state index >= 15 is 0 Å². The zero-order chi connectivity index (χ0) is 18.7. The van der Waals surface area contributed by atoms with Crippen LogP contribution in [-0.2, 0) is 6.54 Å². The van der Waals surface area contributed by atoms with Crippen molar-refractivity contribution in [3.63, 3.8) is 0 Å². The maximum absolute atomic E-state index is 11.6. The van der Waals surface area contributed by atoms with Gasteiger partial charge in [0.2, 0.25) is 0 Å². The molecule has 26 heavy (non-hydrogen) atoms. The number of thioether (sulfide) groups is 1. The van der Waals surface area contributed by atoms with E-state index in [-0.39, 0.29) is 0 Å². The summed E-state index contributed by atoms with van der Waals surface area (Å²) in [6.07, 6.45) is 0. The van der Waals surface area contributed by atoms with E-state index in [0.29, 0.717) is 12.2 Å². The number of carboxylic acids is 1. The Kier molecular flexibility index (Phi) is 5.69. The van der Waals surface area contributed by atoms with Gasteiger partial charge in [0, 0.05) is 40.2 Å². The van der Waals surface area contributed by atoms with Gasteiger partial charge >= 0.3 is 5.97 Å². The second-order valence-electron chi connectivity index (χ2n) is 6.73. The van der Waals surface area contributed by atoms with E-state index in [2.05, 4.69) is 47.1 Å². The highest BCUT2D eigenvalue weighted by Gasteiger charge is 2.18. The van der Waals surface area contributed by atoms with E-state index < -0.39 is 5.97 Å². The monoisotopic (exact) mass is 368 g/mol. The molecule has 1 aromatic heterocycles. The summed E-state index contributed by atoms with van der Waals surface area (Å²) in [5.41, 5.74) is 4.43. The summed E-state index contributed by atoms with van der Waals surface area (Å²) in [7, 11) is 2.04. The highest BCUT2D eigenvalue weighted by molar-refractivity contribution is 7.99. The summed E-state index contributed by atoms with van der Waals surface area (Å²) in [5.74, 6) is 0.0554. The zero-order valence-electron chi connectivity index (χ0n) is 15.4. The van der Waals surface area contributed by atoms with Crippen molar-refractivity contribution in [1.29, 1.82) is 0 Å². The Morgan fingerprint density at radius 1 is 1.12 bits per heavy atom. The largest absolute Gasteiger partial charge is 0.477 e. The first-order valence-corrected chi connectivity index (χ1v) is 9.65. The van der Waals surface area contributed by atoms with Crippen LogP contribution < -0.4 is 0 Å². The molecule has 2 N–H and O–H groups in total. The minimum atomic E-state index is -0.906. The minimum absolute atomic E-state index is 0.295. The Hall–Kier alpha value is -2.24. The number of fused-ring (bicyclic) bond motifs is 1. The van der Waals surface area contributed by atoms with Gasteiger partial charge in [-0.05, 0) is 45.2 Å². The Labute approximate surface area is 158 Å². The molecule has 2 aromatic carbocycles. The highest BCUT2D eigenvalue weighted by Crippen LogP contribution is 2.25. The second-order valence-corrected chi connectivity index (χ2v) is 7.90. The van der Waals surface area contributed by atoms with Crippen LogP contribution in [-0.4, -0.2) is 40.3 Å². The average molecular weight is 369 g/mol. The van der Waals surface area contributed by atoms with E-state index in [0.717, 1.165) is 34.3 Å². The van der Waals surface area contributed by atoms with Crippen molar-refractivity contribution in [3.8, 4) is 0 Å². The number of aromatic carboxylic acids is 1. The van der Waals surface area contributed by atoms with E-state index in [1.54, 1.807) is 0 Å². The minimum Gasteiger partial charge on any atom is -0.477 e. The van der Waals surface area contributed by atoms with Gasteiger partial charge in [0.25, 0.3) is 0 Å². The predicted octanol–water partition coefficient (Wildman–Crippen LogP) is 4.71. The molecule has 0 aliphatic rings. The molecule has 0 atom stereocenters. The number of aromatic amines is 1. The number of hydrogen-bond acceptors (Lipinski definition) is 3. The Bertz CT molecular complexity index is 916. The van der Waals surface area contributed by atoms with Crippen LogP contribution in [0, 0.1) is 13.8 Å². The number of rotatable bonds is 7. The van der Waals surface area contributed by atoms with Crippen molar-refractivity contribution in [2.75, 3.05) is 19.3 Å². The summed E-state index contributed by atoms with van der Waals surface area (Å²) in [4.78, 5) is 18.1. The fraction of sp³-hybridized carbons (Fsp3) is 0.286. The number of benzene rings is 2. The second kappa shape index (κ2) is 7.98. The predicted molar refractivity (Wildman–Crippen MR) is 108 cm³/mol. The normalized spacial score (nSPS) is 11.4. The summed E-state index contributed by atoms with van der Waals surface area (Å²) in [6.45, 7) is 5.61. The van der Waals surface area contributed by atoms with E-state index in [1.165, 1.54) is 10.5 Å². The van der Waals surface area contributed by atoms with Gasteiger partial charge in [-0.3, -0.25) is 0 Å². The number of carboxylic acid groups (broad SMARTS) is 1. The van der Waals surface area contributed by atoms with Crippen molar-refractivity contribution >= 4 is 28.6 Å². The Balaban J connectivity index is 1.69. The molecule has 4 nitrogen and oxygen atoms in total. The van der Waals surface area contributed by atoms with Crippen LogP contribution in [0.1, 0.15) is 27.2 Å². The van der Waals surface area contributed by atoms with Crippen molar-refractivity contribution in [3.05, 3.63) is 64.8 Å². The molecule has 0 amide bonds. The molecule has 0 aliphatic heterocycles. The highest BCUT2D eigenvalue weighted by atomic mass is 32.2. The first kappa shape index (κ1) is 18.5. The number of hydrogen-bond donors (Lipinski definition) is 2. The average Bonchev–Trinajstić information content (AvgIpc) is 2.95. The van der Waals surface area contributed by atoms with Crippen molar-refractivity contribution in [2.45, 2.75) is 25.3 Å². The number of nitrogens with zero attached hydrogens (tertiary/aromatic N) is 1. The van der Waals surface area contributed by atoms with Gasteiger partial charge in [0.1, 0.15) is 5.69 Å². The molecule has 0 fully saturated rings. The maximum Gasteiger partial charge on any atom is 0.352 e. The van der Waals surface area contributed by atoms with Gasteiger partial charge in [-0.15, -0.1) is 11.8 Å². The fourth-order valence-corrected chi connectivity index (χ4v) is 3.98. The topological polar surface area (TPSA) is 56.3 Å². The first-order chi connectivity index (χ1) is 12.4. The molecule has 0 bridgehead atoms. The van der Waals surface area contributed by atoms with Crippen LogP contribution in [0.25, 0.3) is 10.9 Å². The third-order valence-corrected chi connectivity index (χ3v) is 5.46. The van der Waals surface area contributed by atoms with Gasteiger partial charge < -0.3 is 15.0 Å². The molecule has 0 unspecified atom stereocenters. The van der Waals surface area contributed by atoms with Crippen LogP contribution in [0.15, 0.2) is 47.4 Å². The summed E-state index contributed by atoms with van der Waals surface area (Å²) < 4.78 is 0. The van der Waals surface area contributed by atoms with Crippen molar-refractivity contribution < 1.29 is 9.90 Å². The van der Waals surface area contributed by atoms with Crippen LogP contribution in [0.2, 0.25) is 0 Å². The van der Waals surface area contributed by atoms with E-state index in [9.17, 15) is 9.90 Å². The third-order valence-electron chi connectivity index (χ3n) is 4.47. The quantitative estimate of drug-likeness (QED) is 0.593. The lowest BCUT2D eigenvalue weighted by Crippen LogP contribution is -2.21. The number of H-pyrrole nitrogens is 1. The summed E-state index contributed by atoms with van der Waals surface area (Å²) in [6, 6.07) is 14.5. The van der Waals surface area contributed by atoms with Crippen LogP contribution >= 0.6 is 11.8 Å².